The summed E-state index contributed by atoms with van der Waals surface area (Å²) in [5, 5.41) is 39.3. The second-order valence-electron chi connectivity index (χ2n) is 11.1. The number of nitrogens with zero attached hydrogens (tertiary/aromatic N) is 2. The Morgan fingerprint density at radius 3 is 2.68 bits per heavy atom. The molecule has 13 nitrogen and oxygen atoms in total. The van der Waals surface area contributed by atoms with E-state index in [9.17, 15) is 24.5 Å². The molecule has 0 aromatic heterocycles. The average molecular weight is 594 g/mol. The zero-order valence-corrected chi connectivity index (χ0v) is 23.8. The summed E-state index contributed by atoms with van der Waals surface area (Å²) in [6.07, 6.45) is 6.98. The van der Waals surface area contributed by atoms with Gasteiger partial charge in [-0.25, -0.2) is 4.57 Å². The van der Waals surface area contributed by atoms with Crippen LogP contribution in [0.4, 0.5) is 0 Å². The van der Waals surface area contributed by atoms with E-state index in [-0.39, 0.29) is 18.9 Å². The van der Waals surface area contributed by atoms with Gasteiger partial charge in [-0.05, 0) is 69.9 Å². The van der Waals surface area contributed by atoms with Crippen LogP contribution in [0.3, 0.4) is 0 Å². The molecule has 0 aromatic carbocycles. The summed E-state index contributed by atoms with van der Waals surface area (Å²) in [5.41, 5.74) is 6.52. The number of hydrogen-bond donors (Lipinski definition) is 7. The molecule has 0 amide bonds. The predicted molar refractivity (Wildman–Crippen MR) is 151 cm³/mol. The first-order chi connectivity index (χ1) is 19.7. The Hall–Kier alpha value is -2.22. The van der Waals surface area contributed by atoms with E-state index >= 15 is 0 Å². The molecule has 7 atom stereocenters. The van der Waals surface area contributed by atoms with Gasteiger partial charge in [0.2, 0.25) is 0 Å². The van der Waals surface area contributed by atoms with Crippen LogP contribution >= 0.6 is 7.82 Å². The lowest BCUT2D eigenvalue weighted by molar-refractivity contribution is -0.127. The zero-order valence-electron chi connectivity index (χ0n) is 22.9. The molecule has 2 fully saturated rings. The number of nitrogens with one attached hydrogen (secondary N) is 3. The maximum Gasteiger partial charge on any atom is 0.472 e. The van der Waals surface area contributed by atoms with Gasteiger partial charge in [0.25, 0.3) is 0 Å². The van der Waals surface area contributed by atoms with Crippen LogP contribution in [0.15, 0.2) is 44.9 Å². The molecule has 5 heterocycles. The number of aliphatic hydroxyl groups excluding tert-OH is 3. The van der Waals surface area contributed by atoms with Gasteiger partial charge in [-0.3, -0.25) is 19.0 Å². The summed E-state index contributed by atoms with van der Waals surface area (Å²) in [4.78, 5) is 31.0. The summed E-state index contributed by atoms with van der Waals surface area (Å²) >= 11 is 0. The fraction of sp³-hybridized carbons (Fsp3) is 0.667. The molecule has 5 rings (SSSR count). The lowest BCUT2D eigenvalue weighted by atomic mass is 10.0. The van der Waals surface area contributed by atoms with Crippen molar-refractivity contribution in [1.29, 1.82) is 0 Å². The fourth-order valence-electron chi connectivity index (χ4n) is 5.99. The zero-order chi connectivity index (χ0) is 29.0. The van der Waals surface area contributed by atoms with Gasteiger partial charge in [-0.15, -0.1) is 0 Å². The Balaban J connectivity index is 1.22. The van der Waals surface area contributed by atoms with Gasteiger partial charge < -0.3 is 41.0 Å². The van der Waals surface area contributed by atoms with Crippen molar-refractivity contribution >= 4 is 25.5 Å². The van der Waals surface area contributed by atoms with E-state index < -0.39 is 32.7 Å². The standard InChI is InChI=1S/C27H40N5O8P/c33-14-24(35)27(36)25(15-34)40-41(37,38)39-11-1-10-28-26-22-7-5-19(31-22)13-17-3-2-16(29-17)12-18-4-6-20(30-18)21-8-9-23(26)32-21/h12-13,15,20-21,23-25,27-28,30,32-33,35-36H,1-11,14H2,(H,37,38)/t20?,21?,23?,24-,25+,27-/m1/s1. The van der Waals surface area contributed by atoms with Crippen molar-refractivity contribution in [2.45, 2.75) is 94.2 Å². The second kappa shape index (κ2) is 13.4. The van der Waals surface area contributed by atoms with E-state index in [2.05, 4.69) is 28.1 Å². The summed E-state index contributed by atoms with van der Waals surface area (Å²) in [6.45, 7) is -0.562. The minimum absolute atomic E-state index is 0.0740. The van der Waals surface area contributed by atoms with Crippen LogP contribution < -0.4 is 16.0 Å². The fourth-order valence-corrected chi connectivity index (χ4v) is 6.89. The van der Waals surface area contributed by atoms with Gasteiger partial charge in [-0.1, -0.05) is 0 Å². The van der Waals surface area contributed by atoms with Gasteiger partial charge in [0.15, 0.2) is 12.4 Å². The first-order valence-electron chi connectivity index (χ1n) is 14.4. The molecule has 0 aromatic rings. The molecule has 8 bridgehead atoms. The third-order valence-corrected chi connectivity index (χ3v) is 9.13. The highest BCUT2D eigenvalue weighted by Crippen LogP contribution is 2.45. The van der Waals surface area contributed by atoms with Crippen molar-refractivity contribution in [2.24, 2.45) is 9.98 Å². The van der Waals surface area contributed by atoms with Crippen molar-refractivity contribution in [3.8, 4) is 0 Å². The second-order valence-corrected chi connectivity index (χ2v) is 12.5. The number of carbonyl (C=O) groups is 1. The number of allylic oxidation sites excluding steroid dienone is 5. The third kappa shape index (κ3) is 7.60. The maximum absolute atomic E-state index is 12.3. The molecule has 5 aliphatic heterocycles. The van der Waals surface area contributed by atoms with Crippen LogP contribution in [0.2, 0.25) is 0 Å². The Morgan fingerprint density at radius 2 is 1.88 bits per heavy atom. The summed E-state index contributed by atoms with van der Waals surface area (Å²) in [7, 11) is -4.71. The molecule has 14 heteroatoms. The molecular weight excluding hydrogens is 553 g/mol. The van der Waals surface area contributed by atoms with Gasteiger partial charge in [0.1, 0.15) is 12.2 Å². The van der Waals surface area contributed by atoms with Crippen molar-refractivity contribution < 1.29 is 38.6 Å². The topological polar surface area (TPSA) is 194 Å². The minimum Gasteiger partial charge on any atom is -0.394 e. The molecule has 0 spiro atoms. The molecule has 0 aliphatic carbocycles. The number of aliphatic hydroxyl groups is 3. The van der Waals surface area contributed by atoms with Crippen LogP contribution in [0.1, 0.15) is 57.8 Å². The Labute approximate surface area is 239 Å². The number of carbonyl (C=O) groups excluding carboxylic acids is 1. The van der Waals surface area contributed by atoms with E-state index in [0.29, 0.717) is 25.0 Å². The van der Waals surface area contributed by atoms with Crippen molar-refractivity contribution in [1.82, 2.24) is 16.0 Å². The van der Waals surface area contributed by atoms with E-state index in [4.69, 9.17) is 24.1 Å². The Kier molecular flexibility index (Phi) is 9.88. The number of aldehydes is 1. The lowest BCUT2D eigenvalue weighted by Crippen LogP contribution is -2.45. The summed E-state index contributed by atoms with van der Waals surface area (Å²) in [6, 6.07) is 0.812. The number of aliphatic imine (C=N–C) groups is 2. The van der Waals surface area contributed by atoms with E-state index in [1.165, 1.54) is 5.70 Å². The summed E-state index contributed by atoms with van der Waals surface area (Å²) in [5.74, 6) is 0. The Morgan fingerprint density at radius 1 is 1.07 bits per heavy atom. The average Bonchev–Trinajstić information content (AvgIpc) is 3.77. The van der Waals surface area contributed by atoms with Crippen molar-refractivity contribution in [2.75, 3.05) is 19.8 Å². The highest BCUT2D eigenvalue weighted by molar-refractivity contribution is 7.47. The summed E-state index contributed by atoms with van der Waals surface area (Å²) < 4.78 is 22.0. The van der Waals surface area contributed by atoms with Crippen molar-refractivity contribution in [3.05, 3.63) is 34.9 Å². The van der Waals surface area contributed by atoms with Crippen LogP contribution in [-0.2, 0) is 18.4 Å². The van der Waals surface area contributed by atoms with E-state index in [0.717, 1.165) is 79.9 Å². The molecule has 226 valence electrons. The largest absolute Gasteiger partial charge is 0.472 e. The molecule has 4 unspecified atom stereocenters. The predicted octanol–water partition coefficient (Wildman–Crippen LogP) is 0.717. The van der Waals surface area contributed by atoms with Gasteiger partial charge in [-0.2, -0.15) is 0 Å². The van der Waals surface area contributed by atoms with Crippen LogP contribution in [0.25, 0.3) is 0 Å². The smallest absolute Gasteiger partial charge is 0.394 e. The molecule has 41 heavy (non-hydrogen) atoms. The van der Waals surface area contributed by atoms with E-state index in [1.807, 2.05) is 0 Å². The number of fused-ring (bicyclic) bond motifs is 7. The minimum atomic E-state index is -4.71. The van der Waals surface area contributed by atoms with Crippen molar-refractivity contribution in [3.63, 3.8) is 0 Å². The van der Waals surface area contributed by atoms with E-state index in [1.54, 1.807) is 0 Å². The number of rotatable bonds is 12. The molecular formula is C27H40N5O8P. The third-order valence-electron chi connectivity index (χ3n) is 8.12. The molecule has 5 aliphatic rings. The van der Waals surface area contributed by atoms with Crippen LogP contribution in [0, 0.1) is 0 Å². The molecule has 0 radical (unpaired) electrons. The quantitative estimate of drug-likeness (QED) is 0.0957. The number of phosphoric acid groups is 1. The SMILES string of the molecule is O=C[C@H](OP(=O)(O)OCCCNC1=C2CCC(=N2)C=C2CCC(=N2)C=C2CCC(N2)C2CCC1N2)[C@H](O)[C@H](O)CO. The van der Waals surface area contributed by atoms with Crippen LogP contribution in [-0.4, -0.2) is 94.1 Å². The highest BCUT2D eigenvalue weighted by Gasteiger charge is 2.37. The normalized spacial score (nSPS) is 29.2. The number of phosphoric ester groups is 1. The first kappa shape index (κ1) is 30.2. The first-order valence-corrected chi connectivity index (χ1v) is 15.9. The monoisotopic (exact) mass is 593 g/mol. The van der Waals surface area contributed by atoms with Gasteiger partial charge >= 0.3 is 7.82 Å². The molecule has 7 N–H and O–H groups in total. The number of hydrogen-bond acceptors (Lipinski definition) is 12. The van der Waals surface area contributed by atoms with Crippen LogP contribution in [0.5, 0.6) is 0 Å². The molecule has 2 saturated heterocycles. The van der Waals surface area contributed by atoms with Gasteiger partial charge in [0.05, 0.1) is 18.9 Å². The maximum atomic E-state index is 12.3. The van der Waals surface area contributed by atoms with Gasteiger partial charge in [0, 0.05) is 53.2 Å². The lowest BCUT2D eigenvalue weighted by Gasteiger charge is -2.24. The molecule has 0 saturated carbocycles. The Bertz CT molecular complexity index is 1200. The highest BCUT2D eigenvalue weighted by atomic mass is 31.2.